The molecule has 1 saturated heterocycles. The standard InChI is InChI=1S/C22H18N2O4/c1-27-16-10-8-14-9-11-20(28-2)18(17(14)12-16)13-19-21(25)24(22(26)23-19)15-6-4-3-5-7-15/h3-13H,1-2H3,(H,23,26)/b19-13-. The maximum Gasteiger partial charge on any atom is 0.333 e. The number of anilines is 1. The lowest BCUT2D eigenvalue weighted by molar-refractivity contribution is -0.113. The lowest BCUT2D eigenvalue weighted by Crippen LogP contribution is -2.30. The zero-order valence-electron chi connectivity index (χ0n) is 15.4. The van der Waals surface area contributed by atoms with Crippen LogP contribution < -0.4 is 19.7 Å². The summed E-state index contributed by atoms with van der Waals surface area (Å²) >= 11 is 0. The number of amides is 3. The number of benzene rings is 3. The molecular weight excluding hydrogens is 356 g/mol. The first-order valence-corrected chi connectivity index (χ1v) is 8.69. The molecule has 0 unspecified atom stereocenters. The van der Waals surface area contributed by atoms with Crippen LogP contribution in [0.5, 0.6) is 11.5 Å². The first-order valence-electron chi connectivity index (χ1n) is 8.69. The van der Waals surface area contributed by atoms with E-state index in [0.29, 0.717) is 22.7 Å². The predicted octanol–water partition coefficient (Wildman–Crippen LogP) is 3.95. The summed E-state index contributed by atoms with van der Waals surface area (Å²) in [6.07, 6.45) is 1.64. The number of methoxy groups -OCH3 is 2. The average molecular weight is 374 g/mol. The summed E-state index contributed by atoms with van der Waals surface area (Å²) in [6.45, 7) is 0. The summed E-state index contributed by atoms with van der Waals surface area (Å²) < 4.78 is 10.8. The molecule has 140 valence electrons. The van der Waals surface area contributed by atoms with Crippen molar-refractivity contribution < 1.29 is 19.1 Å². The Labute approximate surface area is 162 Å². The van der Waals surface area contributed by atoms with Gasteiger partial charge in [-0.2, -0.15) is 0 Å². The number of nitrogens with one attached hydrogen (secondary N) is 1. The molecule has 0 aliphatic carbocycles. The Hall–Kier alpha value is -3.80. The van der Waals surface area contributed by atoms with Crippen LogP contribution in [0, 0.1) is 0 Å². The molecule has 0 bridgehead atoms. The van der Waals surface area contributed by atoms with E-state index in [1.165, 1.54) is 0 Å². The second-order valence-corrected chi connectivity index (χ2v) is 6.23. The summed E-state index contributed by atoms with van der Waals surface area (Å²) in [4.78, 5) is 26.4. The van der Waals surface area contributed by atoms with Crippen molar-refractivity contribution in [3.63, 3.8) is 0 Å². The number of hydrogen-bond donors (Lipinski definition) is 1. The number of carbonyl (C=O) groups is 2. The zero-order valence-corrected chi connectivity index (χ0v) is 15.4. The number of urea groups is 1. The third-order valence-corrected chi connectivity index (χ3v) is 4.63. The molecule has 3 aromatic rings. The minimum absolute atomic E-state index is 0.183. The van der Waals surface area contributed by atoms with E-state index < -0.39 is 11.9 Å². The van der Waals surface area contributed by atoms with Crippen molar-refractivity contribution in [1.82, 2.24) is 5.32 Å². The van der Waals surface area contributed by atoms with Crippen molar-refractivity contribution in [2.24, 2.45) is 0 Å². The van der Waals surface area contributed by atoms with Gasteiger partial charge in [-0.05, 0) is 47.2 Å². The van der Waals surface area contributed by atoms with E-state index in [0.717, 1.165) is 15.7 Å². The predicted molar refractivity (Wildman–Crippen MR) is 107 cm³/mol. The third kappa shape index (κ3) is 2.95. The van der Waals surface area contributed by atoms with Crippen molar-refractivity contribution in [2.45, 2.75) is 0 Å². The molecule has 6 heteroatoms. The van der Waals surface area contributed by atoms with E-state index >= 15 is 0 Å². The number of nitrogens with zero attached hydrogens (tertiary/aromatic N) is 1. The van der Waals surface area contributed by atoms with Gasteiger partial charge in [0.15, 0.2) is 0 Å². The maximum atomic E-state index is 12.9. The maximum absolute atomic E-state index is 12.9. The zero-order chi connectivity index (χ0) is 19.7. The summed E-state index contributed by atoms with van der Waals surface area (Å²) in [7, 11) is 3.16. The highest BCUT2D eigenvalue weighted by Crippen LogP contribution is 2.33. The molecule has 1 aliphatic heterocycles. The topological polar surface area (TPSA) is 67.9 Å². The minimum atomic E-state index is -0.487. The number of para-hydroxylation sites is 1. The molecule has 4 rings (SSSR count). The van der Waals surface area contributed by atoms with Gasteiger partial charge >= 0.3 is 6.03 Å². The first-order chi connectivity index (χ1) is 13.6. The summed E-state index contributed by atoms with van der Waals surface area (Å²) in [6, 6.07) is 17.8. The van der Waals surface area contributed by atoms with Gasteiger partial charge in [0.2, 0.25) is 0 Å². The van der Waals surface area contributed by atoms with Crippen molar-refractivity contribution in [1.29, 1.82) is 0 Å². The van der Waals surface area contributed by atoms with Gasteiger partial charge in [-0.25, -0.2) is 9.69 Å². The molecule has 6 nitrogen and oxygen atoms in total. The molecule has 0 saturated carbocycles. The van der Waals surface area contributed by atoms with Crippen molar-refractivity contribution in [2.75, 3.05) is 19.1 Å². The van der Waals surface area contributed by atoms with Crippen molar-refractivity contribution in [3.8, 4) is 11.5 Å². The van der Waals surface area contributed by atoms with Crippen LogP contribution in [0.3, 0.4) is 0 Å². The van der Waals surface area contributed by atoms with Crippen LogP contribution in [0.1, 0.15) is 5.56 Å². The highest BCUT2D eigenvalue weighted by molar-refractivity contribution is 6.28. The Morgan fingerprint density at radius 2 is 1.68 bits per heavy atom. The first kappa shape index (κ1) is 17.6. The fraction of sp³-hybridized carbons (Fsp3) is 0.0909. The third-order valence-electron chi connectivity index (χ3n) is 4.63. The normalized spacial score (nSPS) is 15.2. The molecule has 3 aromatic carbocycles. The van der Waals surface area contributed by atoms with E-state index in [2.05, 4.69) is 5.32 Å². The van der Waals surface area contributed by atoms with Crippen molar-refractivity contribution in [3.05, 3.63) is 71.9 Å². The van der Waals surface area contributed by atoms with Crippen molar-refractivity contribution >= 4 is 34.5 Å². The van der Waals surface area contributed by atoms with Crippen LogP contribution in [0.15, 0.2) is 66.4 Å². The second-order valence-electron chi connectivity index (χ2n) is 6.23. The SMILES string of the molecule is COc1ccc2ccc(OC)c(/C=C3\NC(=O)N(c4ccccc4)C3=O)c2c1. The summed E-state index contributed by atoms with van der Waals surface area (Å²) in [5.74, 6) is 0.861. The molecule has 28 heavy (non-hydrogen) atoms. The lowest BCUT2D eigenvalue weighted by Gasteiger charge is -2.12. The quantitative estimate of drug-likeness (QED) is 0.555. The van der Waals surface area contributed by atoms with E-state index in [1.807, 2.05) is 36.4 Å². The molecule has 0 spiro atoms. The van der Waals surface area contributed by atoms with Crippen LogP contribution in [-0.4, -0.2) is 26.2 Å². The van der Waals surface area contributed by atoms with Gasteiger partial charge in [-0.15, -0.1) is 0 Å². The molecule has 0 atom stereocenters. The van der Waals surface area contributed by atoms with Gasteiger partial charge in [0, 0.05) is 5.56 Å². The molecule has 0 aromatic heterocycles. The summed E-state index contributed by atoms with van der Waals surface area (Å²) in [5.41, 5.74) is 1.39. The van der Waals surface area contributed by atoms with Crippen LogP contribution >= 0.6 is 0 Å². The largest absolute Gasteiger partial charge is 0.497 e. The van der Waals surface area contributed by atoms with E-state index in [9.17, 15) is 9.59 Å². The fourth-order valence-corrected chi connectivity index (χ4v) is 3.25. The smallest absolute Gasteiger partial charge is 0.333 e. The molecule has 1 N–H and O–H groups in total. The molecule has 0 radical (unpaired) electrons. The number of carbonyl (C=O) groups excluding carboxylic acids is 2. The Kier molecular flexibility index (Phi) is 4.45. The minimum Gasteiger partial charge on any atom is -0.497 e. The molecular formula is C22H18N2O4. The molecule has 1 heterocycles. The Morgan fingerprint density at radius 3 is 2.39 bits per heavy atom. The molecule has 3 amide bonds. The van der Waals surface area contributed by atoms with Crippen LogP contribution in [0.25, 0.3) is 16.8 Å². The monoisotopic (exact) mass is 374 g/mol. The Balaban J connectivity index is 1.83. The number of ether oxygens (including phenoxy) is 2. The Bertz CT molecular complexity index is 1100. The second kappa shape index (κ2) is 7.08. The number of imide groups is 1. The van der Waals surface area contributed by atoms with E-state index in [4.69, 9.17) is 9.47 Å². The lowest BCUT2D eigenvalue weighted by atomic mass is 10.0. The van der Waals surface area contributed by atoms with Gasteiger partial charge in [-0.1, -0.05) is 30.3 Å². The fourth-order valence-electron chi connectivity index (χ4n) is 3.25. The van der Waals surface area contributed by atoms with Crippen LogP contribution in [0.2, 0.25) is 0 Å². The van der Waals surface area contributed by atoms with Gasteiger partial charge in [0.05, 0.1) is 19.9 Å². The molecule has 1 fully saturated rings. The highest BCUT2D eigenvalue weighted by atomic mass is 16.5. The van der Waals surface area contributed by atoms with E-state index in [-0.39, 0.29) is 5.70 Å². The number of hydrogen-bond acceptors (Lipinski definition) is 4. The van der Waals surface area contributed by atoms with Gasteiger partial charge in [-0.3, -0.25) is 4.79 Å². The Morgan fingerprint density at radius 1 is 0.929 bits per heavy atom. The van der Waals surface area contributed by atoms with Crippen LogP contribution in [0.4, 0.5) is 10.5 Å². The number of fused-ring (bicyclic) bond motifs is 1. The average Bonchev–Trinajstić information content (AvgIpc) is 3.01. The highest BCUT2D eigenvalue weighted by Gasteiger charge is 2.35. The van der Waals surface area contributed by atoms with Crippen LogP contribution in [-0.2, 0) is 4.79 Å². The van der Waals surface area contributed by atoms with Gasteiger partial charge < -0.3 is 14.8 Å². The summed E-state index contributed by atoms with van der Waals surface area (Å²) in [5, 5.41) is 4.47. The van der Waals surface area contributed by atoms with Gasteiger partial charge in [0.25, 0.3) is 5.91 Å². The number of rotatable bonds is 4. The van der Waals surface area contributed by atoms with Gasteiger partial charge in [0.1, 0.15) is 17.2 Å². The molecule has 1 aliphatic rings. The van der Waals surface area contributed by atoms with E-state index in [1.54, 1.807) is 44.6 Å².